The molecule has 3 nitrogen and oxygen atoms in total. The van der Waals surface area contributed by atoms with Crippen LogP contribution in [-0.4, -0.2) is 33.1 Å². The normalized spacial score (nSPS) is 10.6. The number of hydrogen-bond donors (Lipinski definition) is 1. The molecule has 0 saturated heterocycles. The molecule has 0 aromatic rings. The standard InChI is InChI=1S/C11H21NO2.C2H6.H2/c1-11(6-8-13)5-3-9-14-10-4-7-12-2;1-2;/h6,8,12H,3-5,7,9-10H2,1-2H3;1-2H3;1H/b11-6-;;. The monoisotopic (exact) mass is 231 g/mol. The molecule has 1 N–H and O–H groups in total. The van der Waals surface area contributed by atoms with Crippen molar-refractivity contribution in [2.45, 2.75) is 40.0 Å². The zero-order chi connectivity index (χ0) is 12.6. The Labute approximate surface area is 102 Å². The summed E-state index contributed by atoms with van der Waals surface area (Å²) in [5.41, 5.74) is 1.12. The Bertz CT molecular complexity index is 173. The first-order valence-corrected chi connectivity index (χ1v) is 6.14. The van der Waals surface area contributed by atoms with Gasteiger partial charge >= 0.3 is 0 Å². The Hall–Kier alpha value is -0.670. The minimum Gasteiger partial charge on any atom is -0.381 e. The van der Waals surface area contributed by atoms with Crippen LogP contribution in [0.15, 0.2) is 11.6 Å². The number of carbonyl (C=O) groups excluding carboxylic acids is 1. The van der Waals surface area contributed by atoms with Crippen LogP contribution in [0.1, 0.15) is 41.5 Å². The Kier molecular flexibility index (Phi) is 18.5. The summed E-state index contributed by atoms with van der Waals surface area (Å²) in [4.78, 5) is 10.1. The fraction of sp³-hybridized carbons (Fsp3) is 0.769. The van der Waals surface area contributed by atoms with Crippen molar-refractivity contribution >= 4 is 6.29 Å². The van der Waals surface area contributed by atoms with Crippen molar-refractivity contribution < 1.29 is 11.0 Å². The number of nitrogens with one attached hydrogen (secondary N) is 1. The Morgan fingerprint density at radius 1 is 1.31 bits per heavy atom. The van der Waals surface area contributed by atoms with Gasteiger partial charge in [-0.05, 0) is 45.9 Å². The predicted octanol–water partition coefficient (Wildman–Crippen LogP) is 2.81. The van der Waals surface area contributed by atoms with Gasteiger partial charge in [0.1, 0.15) is 6.29 Å². The van der Waals surface area contributed by atoms with E-state index < -0.39 is 0 Å². The van der Waals surface area contributed by atoms with Crippen molar-refractivity contribution in [1.82, 2.24) is 5.32 Å². The van der Waals surface area contributed by atoms with Crippen LogP contribution in [0.4, 0.5) is 0 Å². The van der Waals surface area contributed by atoms with E-state index in [2.05, 4.69) is 5.32 Å². The van der Waals surface area contributed by atoms with Gasteiger partial charge in [0.25, 0.3) is 0 Å². The number of hydrogen-bond acceptors (Lipinski definition) is 3. The van der Waals surface area contributed by atoms with Gasteiger partial charge in [-0.3, -0.25) is 4.79 Å². The SMILES string of the molecule is CC.CNCCCOCCC/C(C)=C\C=O.[HH]. The second-order valence-electron chi connectivity index (χ2n) is 3.32. The van der Waals surface area contributed by atoms with Gasteiger partial charge in [0.15, 0.2) is 0 Å². The van der Waals surface area contributed by atoms with Crippen molar-refractivity contribution in [3.05, 3.63) is 11.6 Å². The average molecular weight is 231 g/mol. The number of aldehydes is 1. The third-order valence-corrected chi connectivity index (χ3v) is 1.93. The smallest absolute Gasteiger partial charge is 0.142 e. The average Bonchev–Trinajstić information content (AvgIpc) is 2.31. The van der Waals surface area contributed by atoms with E-state index in [9.17, 15) is 4.79 Å². The zero-order valence-corrected chi connectivity index (χ0v) is 11.2. The van der Waals surface area contributed by atoms with Crippen molar-refractivity contribution in [3.8, 4) is 0 Å². The fourth-order valence-corrected chi connectivity index (χ4v) is 1.11. The Balaban J connectivity index is -0.000000616. The molecule has 0 saturated carbocycles. The Morgan fingerprint density at radius 3 is 2.50 bits per heavy atom. The molecule has 98 valence electrons. The maximum atomic E-state index is 10.1. The highest BCUT2D eigenvalue weighted by molar-refractivity contribution is 5.65. The number of allylic oxidation sites excluding steroid dienone is 2. The highest BCUT2D eigenvalue weighted by Gasteiger charge is 1.91. The van der Waals surface area contributed by atoms with E-state index in [0.717, 1.165) is 50.9 Å². The highest BCUT2D eigenvalue weighted by atomic mass is 16.5. The van der Waals surface area contributed by atoms with Crippen molar-refractivity contribution in [1.29, 1.82) is 0 Å². The molecule has 0 radical (unpaired) electrons. The predicted molar refractivity (Wildman–Crippen MR) is 71.9 cm³/mol. The van der Waals surface area contributed by atoms with Crippen LogP contribution in [-0.2, 0) is 9.53 Å². The lowest BCUT2D eigenvalue weighted by Gasteiger charge is -2.03. The molecule has 0 spiro atoms. The van der Waals surface area contributed by atoms with Crippen molar-refractivity contribution in [2.24, 2.45) is 0 Å². The molecule has 3 heteroatoms. The quantitative estimate of drug-likeness (QED) is 0.377. The lowest BCUT2D eigenvalue weighted by atomic mass is 10.2. The van der Waals surface area contributed by atoms with E-state index in [1.165, 1.54) is 0 Å². The van der Waals surface area contributed by atoms with Crippen LogP contribution >= 0.6 is 0 Å². The lowest BCUT2D eigenvalue weighted by Crippen LogP contribution is -2.10. The molecule has 0 rings (SSSR count). The van der Waals surface area contributed by atoms with E-state index in [1.54, 1.807) is 6.08 Å². The number of carbonyl (C=O) groups is 1. The molecule has 0 atom stereocenters. The molecule has 0 aliphatic rings. The van der Waals surface area contributed by atoms with E-state index >= 15 is 0 Å². The highest BCUT2D eigenvalue weighted by Crippen LogP contribution is 2.02. The van der Waals surface area contributed by atoms with E-state index in [4.69, 9.17) is 4.74 Å². The third kappa shape index (κ3) is 15.8. The molecule has 0 bridgehead atoms. The van der Waals surface area contributed by atoms with E-state index in [0.29, 0.717) is 0 Å². The number of ether oxygens (including phenoxy) is 1. The molecule has 0 aromatic heterocycles. The molecule has 0 unspecified atom stereocenters. The molecule has 0 aromatic carbocycles. The van der Waals surface area contributed by atoms with Gasteiger partial charge < -0.3 is 10.1 Å². The van der Waals surface area contributed by atoms with Crippen LogP contribution in [0.5, 0.6) is 0 Å². The van der Waals surface area contributed by atoms with E-state index in [1.807, 2.05) is 27.8 Å². The van der Waals surface area contributed by atoms with Crippen molar-refractivity contribution in [2.75, 3.05) is 26.8 Å². The first-order valence-electron chi connectivity index (χ1n) is 6.14. The summed E-state index contributed by atoms with van der Waals surface area (Å²) < 4.78 is 5.41. The van der Waals surface area contributed by atoms with Crippen LogP contribution < -0.4 is 5.32 Å². The topological polar surface area (TPSA) is 38.3 Å². The first-order chi connectivity index (χ1) is 7.81. The summed E-state index contributed by atoms with van der Waals surface area (Å²) in [6, 6.07) is 0. The summed E-state index contributed by atoms with van der Waals surface area (Å²) >= 11 is 0. The van der Waals surface area contributed by atoms with E-state index in [-0.39, 0.29) is 1.43 Å². The first kappa shape index (κ1) is 17.7. The molecule has 0 fully saturated rings. The van der Waals surface area contributed by atoms with Gasteiger partial charge in [-0.1, -0.05) is 19.4 Å². The zero-order valence-electron chi connectivity index (χ0n) is 11.2. The van der Waals surface area contributed by atoms with Crippen molar-refractivity contribution in [3.63, 3.8) is 0 Å². The molecular formula is C13H29NO2. The maximum absolute atomic E-state index is 10.1. The molecule has 0 aliphatic heterocycles. The van der Waals surface area contributed by atoms with Crippen LogP contribution in [0, 0.1) is 0 Å². The Morgan fingerprint density at radius 2 is 1.94 bits per heavy atom. The molecule has 0 aliphatic carbocycles. The minimum atomic E-state index is 0. The summed E-state index contributed by atoms with van der Waals surface area (Å²) in [5.74, 6) is 0. The van der Waals surface area contributed by atoms with Gasteiger partial charge in [-0.25, -0.2) is 0 Å². The van der Waals surface area contributed by atoms with Crippen LogP contribution in [0.25, 0.3) is 0 Å². The fourth-order valence-electron chi connectivity index (χ4n) is 1.11. The van der Waals surface area contributed by atoms with Crippen LogP contribution in [0.2, 0.25) is 0 Å². The molecule has 0 heterocycles. The largest absolute Gasteiger partial charge is 0.381 e. The van der Waals surface area contributed by atoms with Gasteiger partial charge in [-0.2, -0.15) is 0 Å². The minimum absolute atomic E-state index is 0. The second-order valence-corrected chi connectivity index (χ2v) is 3.32. The lowest BCUT2D eigenvalue weighted by molar-refractivity contribution is -0.104. The third-order valence-electron chi connectivity index (χ3n) is 1.93. The summed E-state index contributed by atoms with van der Waals surface area (Å²) in [6.45, 7) is 8.57. The molecular weight excluding hydrogens is 202 g/mol. The van der Waals surface area contributed by atoms with Gasteiger partial charge in [0.2, 0.25) is 0 Å². The summed E-state index contributed by atoms with van der Waals surface area (Å²) in [7, 11) is 1.94. The van der Waals surface area contributed by atoms with Gasteiger partial charge in [-0.15, -0.1) is 0 Å². The number of rotatable bonds is 9. The van der Waals surface area contributed by atoms with Gasteiger partial charge in [0, 0.05) is 14.6 Å². The maximum Gasteiger partial charge on any atom is 0.142 e. The summed E-state index contributed by atoms with van der Waals surface area (Å²) in [6.07, 6.45) is 5.45. The second kappa shape index (κ2) is 16.7. The molecule has 0 amide bonds. The van der Waals surface area contributed by atoms with Gasteiger partial charge in [0.05, 0.1) is 0 Å². The summed E-state index contributed by atoms with van der Waals surface area (Å²) in [5, 5.41) is 3.07. The molecule has 16 heavy (non-hydrogen) atoms. The van der Waals surface area contributed by atoms with Crippen LogP contribution in [0.3, 0.4) is 0 Å².